The van der Waals surface area contributed by atoms with Gasteiger partial charge in [0, 0.05) is 25.1 Å². The molecule has 0 saturated heterocycles. The number of nitrogens with one attached hydrogen (secondary N) is 1. The third-order valence-corrected chi connectivity index (χ3v) is 6.55. The smallest absolute Gasteiger partial charge is 0.408 e. The van der Waals surface area contributed by atoms with Crippen LogP contribution in [-0.2, 0) is 16.0 Å². The molecule has 0 aromatic heterocycles. The van der Waals surface area contributed by atoms with Crippen LogP contribution in [0.5, 0.6) is 0 Å². The number of ether oxygens (including phenoxy) is 1. The topological polar surface area (TPSA) is 151 Å². The number of carbonyl (C=O) groups is 2. The number of ketones is 1. The van der Waals surface area contributed by atoms with Crippen molar-refractivity contribution in [2.45, 2.75) is 57.6 Å². The quantitative estimate of drug-likeness (QED) is 0.172. The lowest BCUT2D eigenvalue weighted by atomic mass is 10.0. The van der Waals surface area contributed by atoms with E-state index in [0.29, 0.717) is 0 Å². The van der Waals surface area contributed by atoms with Crippen LogP contribution in [0.4, 0.5) is 10.5 Å². The van der Waals surface area contributed by atoms with Gasteiger partial charge in [0.05, 0.1) is 9.82 Å². The first-order chi connectivity index (χ1) is 16.7. The molecule has 0 saturated carbocycles. The van der Waals surface area contributed by atoms with E-state index in [2.05, 4.69) is 10.3 Å². The lowest BCUT2D eigenvalue weighted by Crippen LogP contribution is -2.48. The van der Waals surface area contributed by atoms with Crippen molar-refractivity contribution in [3.05, 3.63) is 70.3 Å². The van der Waals surface area contributed by atoms with E-state index in [-0.39, 0.29) is 29.5 Å². The van der Waals surface area contributed by atoms with Gasteiger partial charge in [-0.2, -0.15) is 0 Å². The summed E-state index contributed by atoms with van der Waals surface area (Å²) in [7, 11) is -3.96. The Morgan fingerprint density at radius 2 is 1.67 bits per heavy atom. The van der Waals surface area contributed by atoms with Crippen LogP contribution in [0.25, 0.3) is 0 Å². The highest BCUT2D eigenvalue weighted by molar-refractivity contribution is 8.38. The number of non-ortho nitro benzene ring substituents is 1. The Morgan fingerprint density at radius 3 is 2.17 bits per heavy atom. The van der Waals surface area contributed by atoms with E-state index in [1.54, 1.807) is 45.0 Å². The highest BCUT2D eigenvalue weighted by Crippen LogP contribution is 2.50. The molecule has 2 rings (SSSR count). The SMILES string of the molecule is CC(C)CN=C(C(=O)[C@H](Cc1ccccc1)NC(=O)OC(C)(C)C)S(O)(O)c1ccc([N+](=O)[O-])cc1. The Hall–Kier alpha value is -3.28. The molecule has 0 aliphatic rings. The molecule has 0 heterocycles. The molecule has 2 aromatic rings. The van der Waals surface area contributed by atoms with Gasteiger partial charge < -0.3 is 10.1 Å². The monoisotopic (exact) mass is 519 g/mol. The molecule has 0 radical (unpaired) electrons. The fraction of sp³-hybridized carbons (Fsp3) is 0.400. The molecule has 36 heavy (non-hydrogen) atoms. The van der Waals surface area contributed by atoms with Crippen LogP contribution >= 0.6 is 10.6 Å². The van der Waals surface area contributed by atoms with Gasteiger partial charge in [0.1, 0.15) is 11.6 Å². The Morgan fingerprint density at radius 1 is 1.08 bits per heavy atom. The zero-order valence-electron chi connectivity index (χ0n) is 21.0. The van der Waals surface area contributed by atoms with Gasteiger partial charge in [-0.05, 0) is 44.4 Å². The van der Waals surface area contributed by atoms with Gasteiger partial charge in [-0.15, -0.1) is 10.6 Å². The molecule has 0 aliphatic heterocycles. The van der Waals surface area contributed by atoms with E-state index < -0.39 is 44.1 Å². The number of amides is 1. The fourth-order valence-corrected chi connectivity index (χ4v) is 4.52. The van der Waals surface area contributed by atoms with Crippen molar-refractivity contribution in [1.82, 2.24) is 5.32 Å². The number of alkyl carbamates (subject to hydrolysis) is 1. The molecule has 10 nitrogen and oxygen atoms in total. The Kier molecular flexibility index (Phi) is 9.74. The van der Waals surface area contributed by atoms with E-state index in [9.17, 15) is 28.8 Å². The van der Waals surface area contributed by atoms with Gasteiger partial charge in [0.15, 0.2) is 5.04 Å². The van der Waals surface area contributed by atoms with Gasteiger partial charge in [-0.3, -0.25) is 29.0 Å². The summed E-state index contributed by atoms with van der Waals surface area (Å²) in [5, 5.41) is 13.0. The first-order valence-corrected chi connectivity index (χ1v) is 12.9. The minimum absolute atomic E-state index is 0.00810. The number of nitro groups is 1. The van der Waals surface area contributed by atoms with Crippen molar-refractivity contribution >= 4 is 33.2 Å². The highest BCUT2D eigenvalue weighted by atomic mass is 32.3. The third kappa shape index (κ3) is 8.43. The largest absolute Gasteiger partial charge is 0.444 e. The van der Waals surface area contributed by atoms with Crippen LogP contribution in [0.15, 0.2) is 64.5 Å². The number of nitro benzene ring substituents is 1. The van der Waals surface area contributed by atoms with E-state index in [4.69, 9.17) is 4.74 Å². The van der Waals surface area contributed by atoms with Crippen LogP contribution in [0.3, 0.4) is 0 Å². The summed E-state index contributed by atoms with van der Waals surface area (Å²) in [5.41, 5.74) is -0.336. The van der Waals surface area contributed by atoms with Crippen LogP contribution in [0, 0.1) is 16.0 Å². The molecule has 0 spiro atoms. The average molecular weight is 520 g/mol. The summed E-state index contributed by atoms with van der Waals surface area (Å²) in [6.45, 7) is 8.87. The molecule has 2 aromatic carbocycles. The molecular formula is C25H33N3O7S. The molecule has 0 fully saturated rings. The third-order valence-electron chi connectivity index (χ3n) is 4.75. The van der Waals surface area contributed by atoms with E-state index in [0.717, 1.165) is 17.7 Å². The summed E-state index contributed by atoms with van der Waals surface area (Å²) in [4.78, 5) is 40.9. The number of aliphatic imine (C=N–C) groups is 1. The van der Waals surface area contributed by atoms with Crippen molar-refractivity contribution in [1.29, 1.82) is 0 Å². The summed E-state index contributed by atoms with van der Waals surface area (Å²) in [5.74, 6) is -0.796. The number of carbonyl (C=O) groups excluding carboxylic acids is 2. The highest BCUT2D eigenvalue weighted by Gasteiger charge is 2.36. The minimum atomic E-state index is -3.96. The number of Topliss-reactive ketones (excluding diaryl/α,β-unsaturated/α-hetero) is 1. The Balaban J connectivity index is 2.50. The second-order valence-electron chi connectivity index (χ2n) is 9.59. The predicted molar refractivity (Wildman–Crippen MR) is 140 cm³/mol. The van der Waals surface area contributed by atoms with Crippen molar-refractivity contribution in [2.24, 2.45) is 10.9 Å². The van der Waals surface area contributed by atoms with Crippen LogP contribution < -0.4 is 5.32 Å². The van der Waals surface area contributed by atoms with Crippen molar-refractivity contribution in [3.63, 3.8) is 0 Å². The van der Waals surface area contributed by atoms with E-state index in [1.165, 1.54) is 12.1 Å². The van der Waals surface area contributed by atoms with Crippen LogP contribution in [0.2, 0.25) is 0 Å². The summed E-state index contributed by atoms with van der Waals surface area (Å²) in [6.07, 6.45) is -0.790. The van der Waals surface area contributed by atoms with Crippen molar-refractivity contribution in [3.8, 4) is 0 Å². The number of nitrogens with zero attached hydrogens (tertiary/aromatic N) is 2. The lowest BCUT2D eigenvalue weighted by Gasteiger charge is -2.34. The molecular weight excluding hydrogens is 486 g/mol. The second-order valence-corrected chi connectivity index (χ2v) is 11.5. The molecule has 0 aliphatic carbocycles. The second kappa shape index (κ2) is 12.1. The van der Waals surface area contributed by atoms with Crippen molar-refractivity contribution in [2.75, 3.05) is 6.54 Å². The summed E-state index contributed by atoms with van der Waals surface area (Å²) >= 11 is 0. The number of rotatable bonds is 9. The summed E-state index contributed by atoms with van der Waals surface area (Å²) < 4.78 is 27.7. The van der Waals surface area contributed by atoms with Crippen LogP contribution in [0.1, 0.15) is 40.2 Å². The fourth-order valence-electron chi connectivity index (χ4n) is 3.10. The maximum absolute atomic E-state index is 13.7. The zero-order valence-corrected chi connectivity index (χ0v) is 21.8. The Labute approximate surface area is 212 Å². The molecule has 0 unspecified atom stereocenters. The first kappa shape index (κ1) is 29.0. The maximum atomic E-state index is 13.7. The molecule has 11 heteroatoms. The standard InChI is InChI=1S/C25H33N3O7S/c1-17(2)16-26-23(36(33,34)20-13-11-19(12-14-20)28(31)32)22(29)21(15-18-9-7-6-8-10-18)27-24(30)35-25(3,4)5/h6-14,17,21,33-34H,15-16H2,1-5H3,(H,27,30)/t21-/m0/s1. The van der Waals surface area contributed by atoms with Crippen molar-refractivity contribution < 1.29 is 28.4 Å². The minimum Gasteiger partial charge on any atom is -0.444 e. The molecule has 0 bridgehead atoms. The molecule has 3 N–H and O–H groups in total. The van der Waals surface area contributed by atoms with Gasteiger partial charge in [-0.25, -0.2) is 4.79 Å². The van der Waals surface area contributed by atoms with E-state index in [1.807, 2.05) is 19.9 Å². The number of hydrogen-bond acceptors (Lipinski definition) is 8. The predicted octanol–water partition coefficient (Wildman–Crippen LogP) is 5.46. The van der Waals surface area contributed by atoms with Gasteiger partial charge in [0.2, 0.25) is 5.78 Å². The lowest BCUT2D eigenvalue weighted by molar-refractivity contribution is -0.384. The van der Waals surface area contributed by atoms with Gasteiger partial charge in [0.25, 0.3) is 5.69 Å². The number of benzene rings is 2. The number of hydrogen-bond donors (Lipinski definition) is 3. The van der Waals surface area contributed by atoms with Crippen LogP contribution in [-0.4, -0.2) is 49.1 Å². The van der Waals surface area contributed by atoms with E-state index >= 15 is 0 Å². The first-order valence-electron chi connectivity index (χ1n) is 11.4. The average Bonchev–Trinajstić information content (AvgIpc) is 2.77. The van der Waals surface area contributed by atoms with Gasteiger partial charge in [-0.1, -0.05) is 44.2 Å². The normalized spacial score (nSPS) is 13.7. The molecule has 1 atom stereocenters. The molecule has 196 valence electrons. The Bertz CT molecular complexity index is 1090. The zero-order chi connectivity index (χ0) is 27.1. The maximum Gasteiger partial charge on any atom is 0.408 e. The van der Waals surface area contributed by atoms with Gasteiger partial charge >= 0.3 is 6.09 Å². The summed E-state index contributed by atoms with van der Waals surface area (Å²) in [6, 6.07) is 12.3. The molecule has 1 amide bonds.